The van der Waals surface area contributed by atoms with Crippen LogP contribution >= 0.6 is 11.6 Å². The van der Waals surface area contributed by atoms with E-state index in [0.29, 0.717) is 28.7 Å². The number of ether oxygens (including phenoxy) is 3. The first kappa shape index (κ1) is 22.3. The molecule has 6 nitrogen and oxygen atoms in total. The fourth-order valence-corrected chi connectivity index (χ4v) is 3.83. The molecule has 0 aliphatic carbocycles. The SMILES string of the molecule is CCOc1ccc(C2C(C#N)=C(N)Oc3cc(OC(=O)Cc4ccc(Cl)cc4)ccc32)cc1. The third-order valence-corrected chi connectivity index (χ3v) is 5.46. The lowest BCUT2D eigenvalue weighted by molar-refractivity contribution is -0.133. The van der Waals surface area contributed by atoms with Crippen molar-refractivity contribution in [1.82, 2.24) is 0 Å². The largest absolute Gasteiger partial charge is 0.494 e. The van der Waals surface area contributed by atoms with Crippen LogP contribution in [0.5, 0.6) is 17.2 Å². The molecule has 0 saturated heterocycles. The van der Waals surface area contributed by atoms with Gasteiger partial charge in [0.15, 0.2) is 0 Å². The van der Waals surface area contributed by atoms with E-state index in [1.165, 1.54) is 0 Å². The molecule has 0 spiro atoms. The zero-order valence-corrected chi connectivity index (χ0v) is 18.6. The van der Waals surface area contributed by atoms with Gasteiger partial charge in [-0.3, -0.25) is 4.79 Å². The first-order chi connectivity index (χ1) is 16.0. The van der Waals surface area contributed by atoms with Crippen LogP contribution in [0.25, 0.3) is 0 Å². The summed E-state index contributed by atoms with van der Waals surface area (Å²) < 4.78 is 16.7. The number of halogens is 1. The van der Waals surface area contributed by atoms with E-state index in [9.17, 15) is 10.1 Å². The van der Waals surface area contributed by atoms with E-state index >= 15 is 0 Å². The van der Waals surface area contributed by atoms with Gasteiger partial charge < -0.3 is 19.9 Å². The highest BCUT2D eigenvalue weighted by Gasteiger charge is 2.31. The number of hydrogen-bond acceptors (Lipinski definition) is 6. The van der Waals surface area contributed by atoms with Crippen LogP contribution in [0, 0.1) is 11.3 Å². The minimum absolute atomic E-state index is 0.0218. The topological polar surface area (TPSA) is 94.6 Å². The molecule has 7 heteroatoms. The molecule has 1 heterocycles. The maximum atomic E-state index is 12.4. The second-order valence-electron chi connectivity index (χ2n) is 7.40. The lowest BCUT2D eigenvalue weighted by Crippen LogP contribution is -2.21. The van der Waals surface area contributed by atoms with Gasteiger partial charge in [0.05, 0.1) is 18.9 Å². The smallest absolute Gasteiger partial charge is 0.315 e. The van der Waals surface area contributed by atoms with Gasteiger partial charge in [-0.2, -0.15) is 5.26 Å². The fourth-order valence-electron chi connectivity index (χ4n) is 3.70. The Morgan fingerprint density at radius 1 is 1.09 bits per heavy atom. The van der Waals surface area contributed by atoms with Crippen LogP contribution in [0.3, 0.4) is 0 Å². The highest BCUT2D eigenvalue weighted by atomic mass is 35.5. The van der Waals surface area contributed by atoms with Crippen LogP contribution in [0.1, 0.15) is 29.5 Å². The molecule has 2 N–H and O–H groups in total. The molecule has 1 unspecified atom stereocenters. The van der Waals surface area contributed by atoms with Crippen LogP contribution < -0.4 is 19.9 Å². The van der Waals surface area contributed by atoms with Crippen LogP contribution in [-0.2, 0) is 11.2 Å². The number of esters is 1. The number of carbonyl (C=O) groups excluding carboxylic acids is 1. The molecule has 0 aromatic heterocycles. The molecule has 166 valence electrons. The fraction of sp³-hybridized carbons (Fsp3) is 0.154. The predicted molar refractivity (Wildman–Crippen MR) is 124 cm³/mol. The lowest BCUT2D eigenvalue weighted by Gasteiger charge is -2.26. The van der Waals surface area contributed by atoms with Crippen molar-refractivity contribution in [2.24, 2.45) is 5.73 Å². The Morgan fingerprint density at radius 3 is 2.45 bits per heavy atom. The molecule has 0 saturated carbocycles. The summed E-state index contributed by atoms with van der Waals surface area (Å²) >= 11 is 5.89. The summed E-state index contributed by atoms with van der Waals surface area (Å²) in [5.74, 6) is 0.694. The number of nitrogens with two attached hydrogens (primary N) is 1. The summed E-state index contributed by atoms with van der Waals surface area (Å²) in [6, 6.07) is 21.7. The van der Waals surface area contributed by atoms with E-state index in [1.54, 1.807) is 42.5 Å². The van der Waals surface area contributed by atoms with Gasteiger partial charge in [-0.05, 0) is 48.4 Å². The number of fused-ring (bicyclic) bond motifs is 1. The van der Waals surface area contributed by atoms with Crippen LogP contribution in [0.2, 0.25) is 5.02 Å². The maximum absolute atomic E-state index is 12.4. The second-order valence-corrected chi connectivity index (χ2v) is 7.84. The van der Waals surface area contributed by atoms with Gasteiger partial charge in [0, 0.05) is 16.7 Å². The Hall–Kier alpha value is -3.95. The van der Waals surface area contributed by atoms with Crippen molar-refractivity contribution >= 4 is 17.6 Å². The monoisotopic (exact) mass is 460 g/mol. The minimum atomic E-state index is -0.419. The molecule has 33 heavy (non-hydrogen) atoms. The molecule has 3 aromatic rings. The Balaban J connectivity index is 1.59. The van der Waals surface area contributed by atoms with Crippen molar-refractivity contribution in [1.29, 1.82) is 5.26 Å². The summed E-state index contributed by atoms with van der Waals surface area (Å²) in [5, 5.41) is 10.3. The van der Waals surface area contributed by atoms with Crippen LogP contribution in [-0.4, -0.2) is 12.6 Å². The van der Waals surface area contributed by atoms with Gasteiger partial charge >= 0.3 is 5.97 Å². The zero-order valence-electron chi connectivity index (χ0n) is 17.9. The number of nitrogens with zero attached hydrogens (tertiary/aromatic N) is 1. The summed E-state index contributed by atoms with van der Waals surface area (Å²) in [7, 11) is 0. The Labute approximate surface area is 196 Å². The van der Waals surface area contributed by atoms with Gasteiger partial charge in [-0.1, -0.05) is 41.9 Å². The van der Waals surface area contributed by atoms with Crippen molar-refractivity contribution in [2.75, 3.05) is 6.61 Å². The molecule has 0 bridgehead atoms. The first-order valence-electron chi connectivity index (χ1n) is 10.4. The minimum Gasteiger partial charge on any atom is -0.494 e. The van der Waals surface area contributed by atoms with Gasteiger partial charge in [-0.15, -0.1) is 0 Å². The third-order valence-electron chi connectivity index (χ3n) is 5.21. The number of allylic oxidation sites excluding steroid dienone is 1. The lowest BCUT2D eigenvalue weighted by atomic mass is 9.83. The number of carbonyl (C=O) groups is 1. The molecular weight excluding hydrogens is 440 g/mol. The van der Waals surface area contributed by atoms with E-state index in [4.69, 9.17) is 31.5 Å². The summed E-state index contributed by atoms with van der Waals surface area (Å²) in [6.07, 6.45) is 0.102. The third kappa shape index (κ3) is 4.94. The van der Waals surface area contributed by atoms with E-state index in [1.807, 2.05) is 31.2 Å². The summed E-state index contributed by atoms with van der Waals surface area (Å²) in [5.41, 5.74) is 8.80. The van der Waals surface area contributed by atoms with E-state index in [2.05, 4.69) is 6.07 Å². The van der Waals surface area contributed by atoms with E-state index < -0.39 is 11.9 Å². The quantitative estimate of drug-likeness (QED) is 0.406. The normalized spacial score (nSPS) is 14.6. The highest BCUT2D eigenvalue weighted by molar-refractivity contribution is 6.30. The Morgan fingerprint density at radius 2 is 1.79 bits per heavy atom. The van der Waals surface area contributed by atoms with Gasteiger partial charge in [0.25, 0.3) is 0 Å². The number of nitriles is 1. The Kier molecular flexibility index (Phi) is 6.53. The van der Waals surface area contributed by atoms with Crippen LogP contribution in [0.15, 0.2) is 78.2 Å². The average molecular weight is 461 g/mol. The number of hydrogen-bond donors (Lipinski definition) is 1. The molecule has 1 aliphatic rings. The van der Waals surface area contributed by atoms with Gasteiger partial charge in [0.2, 0.25) is 5.88 Å². The van der Waals surface area contributed by atoms with E-state index in [0.717, 1.165) is 22.4 Å². The molecule has 1 aliphatic heterocycles. The molecule has 0 amide bonds. The Bertz CT molecular complexity index is 1240. The van der Waals surface area contributed by atoms with Crippen molar-refractivity contribution in [3.05, 3.63) is 99.9 Å². The predicted octanol–water partition coefficient (Wildman–Crippen LogP) is 5.10. The van der Waals surface area contributed by atoms with Crippen molar-refractivity contribution in [3.8, 4) is 23.3 Å². The van der Waals surface area contributed by atoms with E-state index in [-0.39, 0.29) is 12.3 Å². The van der Waals surface area contributed by atoms with Gasteiger partial charge in [-0.25, -0.2) is 0 Å². The van der Waals surface area contributed by atoms with Gasteiger partial charge in [0.1, 0.15) is 28.9 Å². The van der Waals surface area contributed by atoms with Crippen molar-refractivity contribution < 1.29 is 19.0 Å². The first-order valence-corrected chi connectivity index (χ1v) is 10.8. The second kappa shape index (κ2) is 9.68. The average Bonchev–Trinajstić information content (AvgIpc) is 2.80. The number of rotatable bonds is 6. The zero-order chi connectivity index (χ0) is 23.4. The molecule has 4 rings (SSSR count). The number of benzene rings is 3. The summed E-state index contributed by atoms with van der Waals surface area (Å²) in [4.78, 5) is 12.4. The molecule has 1 atom stereocenters. The molecule has 0 fully saturated rings. The summed E-state index contributed by atoms with van der Waals surface area (Å²) in [6.45, 7) is 2.48. The van der Waals surface area contributed by atoms with Crippen LogP contribution in [0.4, 0.5) is 0 Å². The molecule has 3 aromatic carbocycles. The molecular formula is C26H21ClN2O4. The van der Waals surface area contributed by atoms with Crippen molar-refractivity contribution in [2.45, 2.75) is 19.3 Å². The highest BCUT2D eigenvalue weighted by Crippen LogP contribution is 2.43. The van der Waals surface area contributed by atoms with Crippen molar-refractivity contribution in [3.63, 3.8) is 0 Å². The maximum Gasteiger partial charge on any atom is 0.315 e. The standard InChI is InChI=1S/C26H21ClN2O4/c1-2-31-19-9-5-17(6-10-19)25-21-12-11-20(14-23(21)33-26(29)22(25)15-28)32-24(30)13-16-3-7-18(27)8-4-16/h3-12,14,25H,2,13,29H2,1H3. The molecule has 0 radical (unpaired) electrons.